The van der Waals surface area contributed by atoms with E-state index in [2.05, 4.69) is 52.0 Å². The fourth-order valence-electron chi connectivity index (χ4n) is 14.0. The first-order valence-electron chi connectivity index (χ1n) is 38.8. The highest BCUT2D eigenvalue weighted by atomic mass is 19.1. The number of rotatable bonds is 24. The van der Waals surface area contributed by atoms with Gasteiger partial charge in [0.15, 0.2) is 5.69 Å². The van der Waals surface area contributed by atoms with Crippen LogP contribution in [0.3, 0.4) is 0 Å². The number of carbonyl (C=O) groups is 4. The number of ether oxygens (including phenoxy) is 4. The maximum atomic E-state index is 15.1. The van der Waals surface area contributed by atoms with Gasteiger partial charge in [-0.15, -0.1) is 0 Å². The van der Waals surface area contributed by atoms with E-state index in [0.29, 0.717) is 119 Å². The van der Waals surface area contributed by atoms with Crippen LogP contribution < -0.4 is 18.9 Å². The van der Waals surface area contributed by atoms with Crippen molar-refractivity contribution in [3.8, 4) is 68.3 Å². The molecule has 0 aliphatic heterocycles. The van der Waals surface area contributed by atoms with Crippen LogP contribution in [0.4, 0.5) is 13.2 Å². The number of halogens is 3. The molecule has 26 heteroatoms. The molecule has 120 heavy (non-hydrogen) atoms. The van der Waals surface area contributed by atoms with Gasteiger partial charge >= 0.3 is 0 Å². The number of nitrogens with zero attached hydrogens (tertiary/aromatic N) is 11. The molecule has 0 atom stereocenters. The van der Waals surface area contributed by atoms with Crippen molar-refractivity contribution in [1.29, 1.82) is 5.26 Å². The molecular formula is C94H86F3N15O8. The molecule has 5 aromatic heterocycles. The molecule has 0 fully saturated rings. The summed E-state index contributed by atoms with van der Waals surface area (Å²) in [5.74, 6) is -0.297. The minimum absolute atomic E-state index is 0.120. The van der Waals surface area contributed by atoms with Crippen LogP contribution in [0.15, 0.2) is 255 Å². The lowest BCUT2D eigenvalue weighted by Crippen LogP contribution is -2.26. The first kappa shape index (κ1) is 82.8. The van der Waals surface area contributed by atoms with Gasteiger partial charge in [0.1, 0.15) is 34.7 Å². The van der Waals surface area contributed by atoms with E-state index in [4.69, 9.17) is 18.9 Å². The summed E-state index contributed by atoms with van der Waals surface area (Å²) in [6, 6.07) is 70.7. The highest BCUT2D eigenvalue weighted by Gasteiger charge is 2.26. The molecule has 4 amide bonds. The second-order valence-corrected chi connectivity index (χ2v) is 27.9. The molecule has 5 heterocycles. The van der Waals surface area contributed by atoms with Crippen molar-refractivity contribution in [2.75, 3.05) is 54.6 Å². The Bertz CT molecular complexity index is 6340. The molecule has 16 rings (SSSR count). The monoisotopic (exact) mass is 1610 g/mol. The Labute approximate surface area is 690 Å². The normalized spacial score (nSPS) is 10.8. The molecule has 0 aliphatic carbocycles. The zero-order chi connectivity index (χ0) is 84.3. The second kappa shape index (κ2) is 38.5. The minimum Gasteiger partial charge on any atom is -0.493 e. The highest BCUT2D eigenvalue weighted by molar-refractivity contribution is 5.99. The van der Waals surface area contributed by atoms with Crippen LogP contribution in [-0.4, -0.2) is 148 Å². The zero-order valence-electron chi connectivity index (χ0n) is 67.2. The van der Waals surface area contributed by atoms with E-state index in [1.807, 2.05) is 179 Å². The number of aromatic nitrogens is 10. The molecule has 0 radical (unpaired) electrons. The zero-order valence-corrected chi connectivity index (χ0v) is 67.2. The Kier molecular flexibility index (Phi) is 26.6. The average Bonchev–Trinajstić information content (AvgIpc) is 1.12. The summed E-state index contributed by atoms with van der Waals surface area (Å²) in [6.45, 7) is 10.4. The van der Waals surface area contributed by atoms with Crippen LogP contribution in [0.2, 0.25) is 0 Å². The number of aromatic amines is 4. The molecule has 0 unspecified atom stereocenters. The number of hydrogen-bond donors (Lipinski definition) is 4. The molecule has 23 nitrogen and oxygen atoms in total. The van der Waals surface area contributed by atoms with E-state index in [-0.39, 0.29) is 47.2 Å². The van der Waals surface area contributed by atoms with Crippen molar-refractivity contribution in [3.63, 3.8) is 0 Å². The topological polar surface area (TPSA) is 274 Å². The summed E-state index contributed by atoms with van der Waals surface area (Å²) in [7, 11) is 6.80. The fourth-order valence-corrected chi connectivity index (χ4v) is 14.0. The molecule has 11 aromatic carbocycles. The van der Waals surface area contributed by atoms with E-state index in [1.165, 1.54) is 33.8 Å². The molecule has 0 spiro atoms. The van der Waals surface area contributed by atoms with Crippen molar-refractivity contribution in [2.45, 2.75) is 53.9 Å². The Balaban J connectivity index is 0.000000138. The van der Waals surface area contributed by atoms with E-state index < -0.39 is 11.6 Å². The molecule has 0 saturated carbocycles. The number of H-pyrrole nitrogens is 4. The number of nitriles is 1. The van der Waals surface area contributed by atoms with E-state index in [1.54, 1.807) is 122 Å². The molecule has 4 N–H and O–H groups in total. The van der Waals surface area contributed by atoms with Gasteiger partial charge in [-0.2, -0.15) is 30.8 Å². The van der Waals surface area contributed by atoms with E-state index >= 15 is 4.39 Å². The van der Waals surface area contributed by atoms with Gasteiger partial charge in [-0.05, 0) is 134 Å². The van der Waals surface area contributed by atoms with Crippen LogP contribution in [0.5, 0.6) is 23.1 Å². The Morgan fingerprint density at radius 2 is 0.833 bits per heavy atom. The number of nitrogens with one attached hydrogen (secondary N) is 4. The van der Waals surface area contributed by atoms with Gasteiger partial charge in [-0.1, -0.05) is 152 Å². The SMILES string of the molecule is CCOc1cc(C(=O)N(C)Cc2c(F)ccc3cn[nH]c23)ccc1-c1ccccc1.CCOc1cc(C(=O)N(C)Cc2cccc3cn[nH]c23)cc(C#N)c1-c1ccccc1.CCOc1cc(C(=O)N(C)Cc2cccc3cn[nH]c23)cc(F)c1-c1ccccc1.CCOc1cc(C(=O)N(C)Cc2cccc3cn[nH]c23)nn1-c1cccc(F)c1. The van der Waals surface area contributed by atoms with Crippen molar-refractivity contribution in [2.24, 2.45) is 0 Å². The van der Waals surface area contributed by atoms with Crippen LogP contribution >= 0.6 is 0 Å². The quantitative estimate of drug-likeness (QED) is 0.0438. The first-order valence-corrected chi connectivity index (χ1v) is 38.8. The van der Waals surface area contributed by atoms with Gasteiger partial charge in [0.2, 0.25) is 5.88 Å². The number of fused-ring (bicyclic) bond motifs is 4. The lowest BCUT2D eigenvalue weighted by molar-refractivity contribution is 0.0773. The van der Waals surface area contributed by atoms with Gasteiger partial charge in [-0.25, -0.2) is 17.9 Å². The molecule has 0 bridgehead atoms. The van der Waals surface area contributed by atoms with Gasteiger partial charge in [0, 0.05) is 109 Å². The summed E-state index contributed by atoms with van der Waals surface area (Å²) < 4.78 is 67.5. The lowest BCUT2D eigenvalue weighted by Gasteiger charge is -2.20. The van der Waals surface area contributed by atoms with E-state index in [0.717, 1.165) is 71.5 Å². The molecule has 606 valence electrons. The average molecular weight is 1610 g/mol. The maximum Gasteiger partial charge on any atom is 0.274 e. The minimum atomic E-state index is -0.487. The van der Waals surface area contributed by atoms with Crippen molar-refractivity contribution in [1.82, 2.24) is 70.2 Å². The largest absolute Gasteiger partial charge is 0.493 e. The summed E-state index contributed by atoms with van der Waals surface area (Å²) >= 11 is 0. The molecule has 0 saturated heterocycles. The maximum absolute atomic E-state index is 15.1. The number of para-hydroxylation sites is 3. The van der Waals surface area contributed by atoms with Crippen molar-refractivity contribution >= 4 is 67.2 Å². The second-order valence-electron chi connectivity index (χ2n) is 27.9. The lowest BCUT2D eigenvalue weighted by atomic mass is 9.96. The van der Waals surface area contributed by atoms with Crippen LogP contribution in [0.1, 0.15) is 97.1 Å². The number of hydrogen-bond acceptors (Lipinski definition) is 14. The van der Waals surface area contributed by atoms with Crippen LogP contribution in [-0.2, 0) is 26.2 Å². The standard InChI is InChI=1S/C25H22N4O2.2C24H22FN3O2.C21H20FN5O2/c1-3-31-22-13-20(12-21(14-26)23(22)17-8-5-4-6-9-17)25(30)29(2)16-19-11-7-10-18-15-27-28-24(18)19;1-3-30-21-13-19(12-20(25)22(21)16-8-5-4-6-9-16)24(29)28(2)15-18-11-7-10-17-14-26-27-23(17)18;1-3-30-22-13-17(9-11-19(22)16-7-5-4-6-8-16)24(29)28(2)15-20-21(25)12-10-18-14-26-27-23(18)20;1-3-29-19-11-18(25-27(19)17-9-5-8-16(22)10-17)21(28)26(2)13-15-7-4-6-14-12-23-24-20(14)15/h4-13,15H,3,16H2,1-2H3,(H,27,28);2*4-14H,3,15H2,1-2H3,(H,26,27);4-12H,3,13H2,1-2H3,(H,23,24). The van der Waals surface area contributed by atoms with Gasteiger partial charge in [-0.3, -0.25) is 39.6 Å². The number of amides is 4. The first-order chi connectivity index (χ1) is 58.3. The Morgan fingerprint density at radius 1 is 0.400 bits per heavy atom. The summed E-state index contributed by atoms with van der Waals surface area (Å²) in [6.07, 6.45) is 6.88. The smallest absolute Gasteiger partial charge is 0.274 e. The predicted octanol–water partition coefficient (Wildman–Crippen LogP) is 18.4. The van der Waals surface area contributed by atoms with Gasteiger partial charge in [0.05, 0.1) is 103 Å². The van der Waals surface area contributed by atoms with Crippen molar-refractivity contribution in [3.05, 3.63) is 323 Å². The fraction of sp³-hybridized carbons (Fsp3) is 0.170. The summed E-state index contributed by atoms with van der Waals surface area (Å²) in [5, 5.41) is 45.8. The number of carbonyl (C=O) groups excluding carboxylic acids is 4. The van der Waals surface area contributed by atoms with Crippen molar-refractivity contribution < 1.29 is 51.3 Å². The van der Waals surface area contributed by atoms with Crippen LogP contribution in [0, 0.1) is 28.8 Å². The highest BCUT2D eigenvalue weighted by Crippen LogP contribution is 2.38. The van der Waals surface area contributed by atoms with Crippen LogP contribution in [0.25, 0.3) is 82.7 Å². The molecule has 16 aromatic rings. The van der Waals surface area contributed by atoms with Gasteiger partial charge < -0.3 is 38.5 Å². The summed E-state index contributed by atoms with van der Waals surface area (Å²) in [4.78, 5) is 58.6. The third-order valence-electron chi connectivity index (χ3n) is 19.7. The molecular weight excluding hydrogens is 1520 g/mol. The Hall–Kier alpha value is -15.1. The molecule has 0 aliphatic rings. The predicted molar refractivity (Wildman–Crippen MR) is 456 cm³/mol. The third-order valence-corrected chi connectivity index (χ3v) is 19.7. The third kappa shape index (κ3) is 19.0. The van der Waals surface area contributed by atoms with E-state index in [9.17, 15) is 33.2 Å². The number of benzene rings is 11. The summed E-state index contributed by atoms with van der Waals surface area (Å²) in [5.41, 5.74) is 13.4. The Morgan fingerprint density at radius 3 is 1.34 bits per heavy atom. The van der Waals surface area contributed by atoms with Gasteiger partial charge in [0.25, 0.3) is 23.6 Å².